The van der Waals surface area contributed by atoms with Gasteiger partial charge in [0.05, 0.1) is 18.6 Å². The SMILES string of the molecule is CCC(=O)C[C@H](O)CC#N. The molecular formula is C7H11NO2. The number of hydrogen-bond donors (Lipinski definition) is 1. The van der Waals surface area contributed by atoms with Gasteiger partial charge in [0.25, 0.3) is 0 Å². The zero-order valence-electron chi connectivity index (χ0n) is 6.00. The standard InChI is InChI=1S/C7H11NO2/c1-2-6(9)5-7(10)3-4-8/h7,10H,2-3,5H2,1H3/t7-/m1/s1. The lowest BCUT2D eigenvalue weighted by atomic mass is 10.1. The van der Waals surface area contributed by atoms with Gasteiger partial charge in [0.15, 0.2) is 0 Å². The third-order valence-electron chi connectivity index (χ3n) is 1.18. The molecular weight excluding hydrogens is 130 g/mol. The van der Waals surface area contributed by atoms with Crippen LogP contribution >= 0.6 is 0 Å². The van der Waals surface area contributed by atoms with E-state index in [0.29, 0.717) is 6.42 Å². The quantitative estimate of drug-likeness (QED) is 0.624. The molecule has 0 aliphatic rings. The van der Waals surface area contributed by atoms with Gasteiger partial charge in [-0.2, -0.15) is 5.26 Å². The number of nitrogens with zero attached hydrogens (tertiary/aromatic N) is 1. The van der Waals surface area contributed by atoms with Crippen molar-refractivity contribution in [3.05, 3.63) is 0 Å². The number of aliphatic hydroxyl groups excluding tert-OH is 1. The summed E-state index contributed by atoms with van der Waals surface area (Å²) in [6, 6.07) is 1.79. The maximum atomic E-state index is 10.6. The number of carbonyl (C=O) groups excluding carboxylic acids is 1. The molecule has 0 amide bonds. The number of aliphatic hydroxyl groups is 1. The Morgan fingerprint density at radius 2 is 2.40 bits per heavy atom. The fraction of sp³-hybridized carbons (Fsp3) is 0.714. The Labute approximate surface area is 60.3 Å². The molecule has 0 unspecified atom stereocenters. The van der Waals surface area contributed by atoms with Gasteiger partial charge in [-0.15, -0.1) is 0 Å². The molecule has 0 heterocycles. The second kappa shape index (κ2) is 4.95. The largest absolute Gasteiger partial charge is 0.392 e. The van der Waals surface area contributed by atoms with Crippen LogP contribution < -0.4 is 0 Å². The molecule has 0 spiro atoms. The molecule has 0 aromatic carbocycles. The van der Waals surface area contributed by atoms with Crippen LogP contribution in [0.1, 0.15) is 26.2 Å². The molecule has 0 aromatic rings. The van der Waals surface area contributed by atoms with Crippen LogP contribution in [0.5, 0.6) is 0 Å². The van der Waals surface area contributed by atoms with Gasteiger partial charge in [-0.3, -0.25) is 4.79 Å². The topological polar surface area (TPSA) is 61.1 Å². The van der Waals surface area contributed by atoms with Crippen LogP contribution in [0.2, 0.25) is 0 Å². The van der Waals surface area contributed by atoms with E-state index in [4.69, 9.17) is 10.4 Å². The van der Waals surface area contributed by atoms with Crippen LogP contribution in [0, 0.1) is 11.3 Å². The van der Waals surface area contributed by atoms with Gasteiger partial charge in [0.1, 0.15) is 5.78 Å². The lowest BCUT2D eigenvalue weighted by molar-refractivity contribution is -0.120. The maximum Gasteiger partial charge on any atom is 0.135 e. The lowest BCUT2D eigenvalue weighted by Crippen LogP contribution is -2.11. The van der Waals surface area contributed by atoms with Crippen molar-refractivity contribution in [3.8, 4) is 6.07 Å². The Kier molecular flexibility index (Phi) is 4.51. The number of ketones is 1. The highest BCUT2D eigenvalue weighted by Crippen LogP contribution is 1.99. The first-order chi connectivity index (χ1) is 4.70. The van der Waals surface area contributed by atoms with E-state index in [-0.39, 0.29) is 18.6 Å². The van der Waals surface area contributed by atoms with Gasteiger partial charge in [-0.05, 0) is 0 Å². The molecule has 0 fully saturated rings. The number of nitriles is 1. The van der Waals surface area contributed by atoms with E-state index in [2.05, 4.69) is 0 Å². The average molecular weight is 141 g/mol. The third kappa shape index (κ3) is 4.04. The minimum Gasteiger partial charge on any atom is -0.392 e. The molecule has 0 aliphatic heterocycles. The van der Waals surface area contributed by atoms with Crippen LogP contribution in [0.15, 0.2) is 0 Å². The molecule has 0 radical (unpaired) electrons. The van der Waals surface area contributed by atoms with Gasteiger partial charge in [0.2, 0.25) is 0 Å². The van der Waals surface area contributed by atoms with Crippen molar-refractivity contribution in [2.45, 2.75) is 32.3 Å². The number of rotatable bonds is 4. The summed E-state index contributed by atoms with van der Waals surface area (Å²) in [5.74, 6) is 0.00255. The van der Waals surface area contributed by atoms with Crippen LogP contribution in [0.4, 0.5) is 0 Å². The van der Waals surface area contributed by atoms with E-state index in [9.17, 15) is 4.79 Å². The summed E-state index contributed by atoms with van der Waals surface area (Å²) < 4.78 is 0. The predicted octanol–water partition coefficient (Wildman–Crippen LogP) is 0.630. The van der Waals surface area contributed by atoms with Crippen LogP contribution in [0.3, 0.4) is 0 Å². The van der Waals surface area contributed by atoms with E-state index in [1.54, 1.807) is 13.0 Å². The number of hydrogen-bond acceptors (Lipinski definition) is 3. The Hall–Kier alpha value is -0.880. The molecule has 1 atom stereocenters. The normalized spacial score (nSPS) is 12.1. The zero-order chi connectivity index (χ0) is 7.98. The summed E-state index contributed by atoms with van der Waals surface area (Å²) >= 11 is 0. The molecule has 56 valence electrons. The van der Waals surface area contributed by atoms with Gasteiger partial charge in [0, 0.05) is 12.8 Å². The summed E-state index contributed by atoms with van der Waals surface area (Å²) in [6.07, 6.45) is -0.171. The van der Waals surface area contributed by atoms with E-state index in [0.717, 1.165) is 0 Å². The van der Waals surface area contributed by atoms with Gasteiger partial charge >= 0.3 is 0 Å². The highest BCUT2D eigenvalue weighted by Gasteiger charge is 2.07. The van der Waals surface area contributed by atoms with E-state index in [1.807, 2.05) is 0 Å². The Morgan fingerprint density at radius 1 is 1.80 bits per heavy atom. The van der Waals surface area contributed by atoms with Crippen molar-refractivity contribution < 1.29 is 9.90 Å². The lowest BCUT2D eigenvalue weighted by Gasteiger charge is -2.01. The summed E-state index contributed by atoms with van der Waals surface area (Å²) in [6.45, 7) is 1.74. The first-order valence-corrected chi connectivity index (χ1v) is 3.27. The van der Waals surface area contributed by atoms with Crippen molar-refractivity contribution in [1.82, 2.24) is 0 Å². The number of carbonyl (C=O) groups is 1. The van der Waals surface area contributed by atoms with E-state index >= 15 is 0 Å². The summed E-state index contributed by atoms with van der Waals surface area (Å²) in [4.78, 5) is 10.6. The van der Waals surface area contributed by atoms with Gasteiger partial charge in [-0.25, -0.2) is 0 Å². The Balaban J connectivity index is 3.49. The minimum absolute atomic E-state index is 0.00255. The number of Topliss-reactive ketones (excluding diaryl/α,β-unsaturated/α-hetero) is 1. The third-order valence-corrected chi connectivity index (χ3v) is 1.18. The predicted molar refractivity (Wildman–Crippen MR) is 36.2 cm³/mol. The molecule has 3 nitrogen and oxygen atoms in total. The summed E-state index contributed by atoms with van der Waals surface area (Å²) in [5, 5.41) is 17.0. The van der Waals surface area contributed by atoms with Crippen molar-refractivity contribution in [3.63, 3.8) is 0 Å². The average Bonchev–Trinajstić information content (AvgIpc) is 1.88. The molecule has 0 rings (SSSR count). The van der Waals surface area contributed by atoms with Crippen molar-refractivity contribution >= 4 is 5.78 Å². The Bertz CT molecular complexity index is 148. The Morgan fingerprint density at radius 3 is 2.80 bits per heavy atom. The van der Waals surface area contributed by atoms with Crippen LogP contribution in [0.25, 0.3) is 0 Å². The van der Waals surface area contributed by atoms with Crippen molar-refractivity contribution in [2.75, 3.05) is 0 Å². The zero-order valence-corrected chi connectivity index (χ0v) is 6.00. The molecule has 0 saturated carbocycles. The maximum absolute atomic E-state index is 10.6. The second-order valence-corrected chi connectivity index (χ2v) is 2.11. The molecule has 10 heavy (non-hydrogen) atoms. The fourth-order valence-corrected chi connectivity index (χ4v) is 0.585. The summed E-state index contributed by atoms with van der Waals surface area (Å²) in [5.41, 5.74) is 0. The minimum atomic E-state index is -0.766. The highest BCUT2D eigenvalue weighted by molar-refractivity contribution is 5.78. The van der Waals surface area contributed by atoms with Gasteiger partial charge < -0.3 is 5.11 Å². The molecule has 0 aromatic heterocycles. The summed E-state index contributed by atoms with van der Waals surface area (Å²) in [7, 11) is 0. The monoisotopic (exact) mass is 141 g/mol. The molecule has 3 heteroatoms. The first kappa shape index (κ1) is 9.12. The van der Waals surface area contributed by atoms with E-state index < -0.39 is 6.10 Å². The van der Waals surface area contributed by atoms with Gasteiger partial charge in [-0.1, -0.05) is 6.92 Å². The smallest absolute Gasteiger partial charge is 0.135 e. The van der Waals surface area contributed by atoms with Crippen LogP contribution in [-0.2, 0) is 4.79 Å². The molecule has 1 N–H and O–H groups in total. The highest BCUT2D eigenvalue weighted by atomic mass is 16.3. The molecule has 0 saturated heterocycles. The first-order valence-electron chi connectivity index (χ1n) is 3.27. The van der Waals surface area contributed by atoms with Crippen LogP contribution in [-0.4, -0.2) is 17.0 Å². The molecule has 0 bridgehead atoms. The van der Waals surface area contributed by atoms with Crippen molar-refractivity contribution in [2.24, 2.45) is 0 Å². The van der Waals surface area contributed by atoms with Crippen molar-refractivity contribution in [1.29, 1.82) is 5.26 Å². The molecule has 0 aliphatic carbocycles. The second-order valence-electron chi connectivity index (χ2n) is 2.11. The van der Waals surface area contributed by atoms with E-state index in [1.165, 1.54) is 0 Å². The fourth-order valence-electron chi connectivity index (χ4n) is 0.585.